The van der Waals surface area contributed by atoms with Gasteiger partial charge in [-0.3, -0.25) is 4.98 Å². The lowest BCUT2D eigenvalue weighted by atomic mass is 10.0. The smallest absolute Gasteiger partial charge is 0.0512 e. The summed E-state index contributed by atoms with van der Waals surface area (Å²) in [6.45, 7) is 0. The van der Waals surface area contributed by atoms with Gasteiger partial charge in [0.05, 0.1) is 5.69 Å². The quantitative estimate of drug-likeness (QED) is 0.542. The summed E-state index contributed by atoms with van der Waals surface area (Å²) >= 11 is 0. The predicted molar refractivity (Wildman–Crippen MR) is 44.1 cm³/mol. The van der Waals surface area contributed by atoms with E-state index in [1.165, 1.54) is 17.7 Å². The van der Waals surface area contributed by atoms with Crippen LogP contribution in [0.3, 0.4) is 0 Å². The second-order valence-corrected chi connectivity index (χ2v) is 3.34. The van der Waals surface area contributed by atoms with Crippen molar-refractivity contribution in [2.24, 2.45) is 5.92 Å². The predicted octanol–water partition coefficient (Wildman–Crippen LogP) is 2.21. The van der Waals surface area contributed by atoms with Crippen molar-refractivity contribution in [3.8, 4) is 0 Å². The standard InChI is InChI=1S/C10H9N/c1-2-7-3-4-8-6-9(8)10(7)11-5-1/h1-5,8-9H,6H2. The van der Waals surface area contributed by atoms with E-state index >= 15 is 0 Å². The maximum atomic E-state index is 4.39. The van der Waals surface area contributed by atoms with Crippen molar-refractivity contribution in [3.63, 3.8) is 0 Å². The number of allylic oxidation sites excluding steroid dienone is 1. The summed E-state index contributed by atoms with van der Waals surface area (Å²) in [5.74, 6) is 1.58. The first-order valence-corrected chi connectivity index (χ1v) is 4.08. The normalized spacial score (nSPS) is 30.9. The fourth-order valence-corrected chi connectivity index (χ4v) is 1.85. The van der Waals surface area contributed by atoms with Crippen molar-refractivity contribution < 1.29 is 0 Å². The number of hydrogen-bond acceptors (Lipinski definition) is 1. The van der Waals surface area contributed by atoms with Gasteiger partial charge in [-0.2, -0.15) is 0 Å². The van der Waals surface area contributed by atoms with Crippen LogP contribution < -0.4 is 0 Å². The summed E-state index contributed by atoms with van der Waals surface area (Å²) in [5.41, 5.74) is 2.64. The second-order valence-electron chi connectivity index (χ2n) is 3.34. The molecule has 1 fully saturated rings. The highest BCUT2D eigenvalue weighted by Crippen LogP contribution is 2.51. The third-order valence-corrected chi connectivity index (χ3v) is 2.59. The summed E-state index contributed by atoms with van der Waals surface area (Å²) in [5, 5.41) is 0. The third kappa shape index (κ3) is 0.681. The fraction of sp³-hybridized carbons (Fsp3) is 0.300. The van der Waals surface area contributed by atoms with Gasteiger partial charge in [-0.15, -0.1) is 0 Å². The molecule has 0 aliphatic heterocycles. The van der Waals surface area contributed by atoms with Crippen molar-refractivity contribution in [1.82, 2.24) is 4.98 Å². The molecule has 0 spiro atoms. The highest BCUT2D eigenvalue weighted by Gasteiger charge is 2.40. The van der Waals surface area contributed by atoms with Gasteiger partial charge in [0.2, 0.25) is 0 Å². The maximum Gasteiger partial charge on any atom is 0.0512 e. The summed E-state index contributed by atoms with van der Waals surface area (Å²) in [7, 11) is 0. The van der Waals surface area contributed by atoms with E-state index in [0.717, 1.165) is 11.8 Å². The first-order valence-electron chi connectivity index (χ1n) is 4.08. The first kappa shape index (κ1) is 5.53. The molecule has 1 nitrogen and oxygen atoms in total. The monoisotopic (exact) mass is 143 g/mol. The molecule has 1 heteroatoms. The van der Waals surface area contributed by atoms with E-state index in [0.29, 0.717) is 0 Å². The van der Waals surface area contributed by atoms with E-state index in [1.54, 1.807) is 0 Å². The van der Waals surface area contributed by atoms with Gasteiger partial charge in [-0.1, -0.05) is 18.2 Å². The largest absolute Gasteiger partial charge is 0.260 e. The average molecular weight is 143 g/mol. The van der Waals surface area contributed by atoms with Crippen molar-refractivity contribution in [1.29, 1.82) is 0 Å². The van der Waals surface area contributed by atoms with E-state index in [4.69, 9.17) is 0 Å². The second kappa shape index (κ2) is 1.73. The number of pyridine rings is 1. The summed E-state index contributed by atoms with van der Waals surface area (Å²) < 4.78 is 0. The molecule has 0 amide bonds. The lowest BCUT2D eigenvalue weighted by Gasteiger charge is -2.06. The molecule has 2 aliphatic carbocycles. The molecule has 54 valence electrons. The zero-order valence-corrected chi connectivity index (χ0v) is 6.20. The average Bonchev–Trinajstić information content (AvgIpc) is 2.83. The first-order chi connectivity index (χ1) is 5.45. The van der Waals surface area contributed by atoms with Crippen molar-refractivity contribution in [2.45, 2.75) is 12.3 Å². The molecule has 0 N–H and O–H groups in total. The molecule has 2 atom stereocenters. The molecular weight excluding hydrogens is 134 g/mol. The number of hydrogen-bond donors (Lipinski definition) is 0. The molecule has 1 aromatic heterocycles. The van der Waals surface area contributed by atoms with Crippen LogP contribution in [-0.4, -0.2) is 4.98 Å². The highest BCUT2D eigenvalue weighted by atomic mass is 14.7. The molecule has 2 aliphatic rings. The SMILES string of the molecule is C1=CC2CC2c2ncccc21. The van der Waals surface area contributed by atoms with E-state index in [9.17, 15) is 0 Å². The molecule has 0 aromatic carbocycles. The maximum absolute atomic E-state index is 4.39. The molecule has 0 radical (unpaired) electrons. The minimum Gasteiger partial charge on any atom is -0.260 e. The molecule has 1 saturated carbocycles. The Balaban J connectivity index is 2.24. The van der Waals surface area contributed by atoms with Gasteiger partial charge in [0.25, 0.3) is 0 Å². The molecule has 1 aromatic rings. The van der Waals surface area contributed by atoms with Crippen LogP contribution in [0.5, 0.6) is 0 Å². The van der Waals surface area contributed by atoms with Gasteiger partial charge in [-0.05, 0) is 24.0 Å². The van der Waals surface area contributed by atoms with Crippen LogP contribution in [-0.2, 0) is 0 Å². The number of aromatic nitrogens is 1. The Kier molecular flexibility index (Phi) is 0.869. The van der Waals surface area contributed by atoms with Crippen molar-refractivity contribution in [2.75, 3.05) is 0 Å². The van der Waals surface area contributed by atoms with Gasteiger partial charge in [0, 0.05) is 12.1 Å². The van der Waals surface area contributed by atoms with Crippen LogP contribution in [0.2, 0.25) is 0 Å². The topological polar surface area (TPSA) is 12.9 Å². The van der Waals surface area contributed by atoms with E-state index in [2.05, 4.69) is 23.2 Å². The lowest BCUT2D eigenvalue weighted by Crippen LogP contribution is -1.94. The summed E-state index contributed by atoms with van der Waals surface area (Å²) in [6.07, 6.45) is 7.74. The molecule has 0 bridgehead atoms. The van der Waals surface area contributed by atoms with Gasteiger partial charge in [0.15, 0.2) is 0 Å². The van der Waals surface area contributed by atoms with Crippen LogP contribution in [0.25, 0.3) is 6.08 Å². The Bertz CT molecular complexity index is 327. The Morgan fingerprint density at radius 2 is 2.45 bits per heavy atom. The van der Waals surface area contributed by atoms with Gasteiger partial charge in [0.1, 0.15) is 0 Å². The van der Waals surface area contributed by atoms with E-state index < -0.39 is 0 Å². The van der Waals surface area contributed by atoms with Crippen LogP contribution in [0.1, 0.15) is 23.6 Å². The molecule has 2 unspecified atom stereocenters. The Hall–Kier alpha value is -1.11. The molecule has 0 saturated heterocycles. The highest BCUT2D eigenvalue weighted by molar-refractivity contribution is 5.58. The van der Waals surface area contributed by atoms with E-state index in [-0.39, 0.29) is 0 Å². The van der Waals surface area contributed by atoms with Crippen LogP contribution in [0.4, 0.5) is 0 Å². The number of nitrogens with zero attached hydrogens (tertiary/aromatic N) is 1. The molecule has 3 rings (SSSR count). The zero-order valence-electron chi connectivity index (χ0n) is 6.20. The van der Waals surface area contributed by atoms with Gasteiger partial charge in [-0.25, -0.2) is 0 Å². The van der Waals surface area contributed by atoms with Crippen LogP contribution >= 0.6 is 0 Å². The minimum absolute atomic E-state index is 0.760. The minimum atomic E-state index is 0.760. The molecule has 1 heterocycles. The van der Waals surface area contributed by atoms with Gasteiger partial charge >= 0.3 is 0 Å². The summed E-state index contributed by atoms with van der Waals surface area (Å²) in [4.78, 5) is 4.39. The summed E-state index contributed by atoms with van der Waals surface area (Å²) in [6, 6.07) is 4.15. The van der Waals surface area contributed by atoms with Gasteiger partial charge < -0.3 is 0 Å². The lowest BCUT2D eigenvalue weighted by molar-refractivity contribution is 0.937. The third-order valence-electron chi connectivity index (χ3n) is 2.59. The Morgan fingerprint density at radius 1 is 1.45 bits per heavy atom. The fourth-order valence-electron chi connectivity index (χ4n) is 1.85. The zero-order chi connectivity index (χ0) is 7.26. The Labute approximate surface area is 65.8 Å². The van der Waals surface area contributed by atoms with Crippen molar-refractivity contribution in [3.05, 3.63) is 35.7 Å². The number of rotatable bonds is 0. The molecular formula is C10H9N. The number of fused-ring (bicyclic) bond motifs is 3. The van der Waals surface area contributed by atoms with E-state index in [1.807, 2.05) is 12.3 Å². The Morgan fingerprint density at radius 3 is 3.45 bits per heavy atom. The molecule has 11 heavy (non-hydrogen) atoms. The van der Waals surface area contributed by atoms with Crippen LogP contribution in [0.15, 0.2) is 24.4 Å². The van der Waals surface area contributed by atoms with Crippen molar-refractivity contribution >= 4 is 6.08 Å². The van der Waals surface area contributed by atoms with Crippen LogP contribution in [0, 0.1) is 5.92 Å².